The highest BCUT2D eigenvalue weighted by molar-refractivity contribution is 5.68. The van der Waals surface area contributed by atoms with Gasteiger partial charge in [0.1, 0.15) is 6.10 Å². The first-order valence-electron chi connectivity index (χ1n) is 6.49. The van der Waals surface area contributed by atoms with E-state index in [2.05, 4.69) is 5.43 Å². The summed E-state index contributed by atoms with van der Waals surface area (Å²) in [5, 5.41) is 11.4. The monoisotopic (exact) mass is 259 g/mol. The number of carbonyl (C=O) groups is 1. The summed E-state index contributed by atoms with van der Waals surface area (Å²) >= 11 is 0. The van der Waals surface area contributed by atoms with Gasteiger partial charge in [0.25, 0.3) is 0 Å². The van der Waals surface area contributed by atoms with Crippen molar-refractivity contribution in [1.29, 1.82) is 0 Å². The van der Waals surface area contributed by atoms with Crippen LogP contribution in [-0.2, 0) is 4.74 Å². The van der Waals surface area contributed by atoms with Gasteiger partial charge in [-0.15, -0.1) is 0 Å². The first-order chi connectivity index (χ1) is 8.31. The molecule has 1 aliphatic heterocycles. The average molecular weight is 259 g/mol. The van der Waals surface area contributed by atoms with Crippen LogP contribution in [0.2, 0.25) is 0 Å². The molecule has 106 valence electrons. The topological polar surface area (TPSA) is 87.8 Å². The van der Waals surface area contributed by atoms with Gasteiger partial charge in [-0.2, -0.15) is 5.43 Å². The van der Waals surface area contributed by atoms with Gasteiger partial charge in [0.2, 0.25) is 0 Å². The van der Waals surface area contributed by atoms with Gasteiger partial charge in [-0.3, -0.25) is 0 Å². The third kappa shape index (κ3) is 4.12. The van der Waals surface area contributed by atoms with Gasteiger partial charge in [0, 0.05) is 12.6 Å². The number of hydrogen-bond acceptors (Lipinski definition) is 5. The van der Waals surface area contributed by atoms with Gasteiger partial charge in [-0.1, -0.05) is 27.7 Å². The highest BCUT2D eigenvalue weighted by Crippen LogP contribution is 2.15. The van der Waals surface area contributed by atoms with E-state index in [1.54, 1.807) is 0 Å². The predicted octanol–water partition coefficient (Wildman–Crippen LogP) is 0.660. The fourth-order valence-electron chi connectivity index (χ4n) is 1.95. The molecule has 0 radical (unpaired) electrons. The van der Waals surface area contributed by atoms with Gasteiger partial charge < -0.3 is 15.6 Å². The Morgan fingerprint density at radius 3 is 2.50 bits per heavy atom. The zero-order valence-corrected chi connectivity index (χ0v) is 11.6. The second-order valence-electron chi connectivity index (χ2n) is 5.72. The van der Waals surface area contributed by atoms with Crippen LogP contribution in [-0.4, -0.2) is 41.1 Å². The summed E-state index contributed by atoms with van der Waals surface area (Å²) in [5.41, 5.74) is 8.75. The molecule has 1 saturated heterocycles. The van der Waals surface area contributed by atoms with Crippen LogP contribution in [0.4, 0.5) is 4.79 Å². The zero-order valence-electron chi connectivity index (χ0n) is 11.6. The number of rotatable bonds is 6. The largest absolute Gasteiger partial charge is 0.426 e. The third-order valence-electron chi connectivity index (χ3n) is 2.77. The number of aliphatic hydroxyl groups excluding tert-OH is 1. The normalized spacial score (nSPS) is 23.7. The summed E-state index contributed by atoms with van der Waals surface area (Å²) in [6, 6.07) is -0.408. The number of carbonyl (C=O) groups excluding carboxylic acids is 1. The van der Waals surface area contributed by atoms with E-state index in [0.29, 0.717) is 24.8 Å². The van der Waals surface area contributed by atoms with E-state index < -0.39 is 24.5 Å². The maximum Gasteiger partial charge on any atom is 0.426 e. The van der Waals surface area contributed by atoms with Crippen LogP contribution in [0.1, 0.15) is 34.1 Å². The van der Waals surface area contributed by atoms with Crippen molar-refractivity contribution in [2.24, 2.45) is 17.6 Å². The second kappa shape index (κ2) is 6.36. The lowest BCUT2D eigenvalue weighted by Gasteiger charge is -2.24. The summed E-state index contributed by atoms with van der Waals surface area (Å²) in [6.45, 7) is 8.62. The van der Waals surface area contributed by atoms with Crippen LogP contribution in [0.15, 0.2) is 0 Å². The Hall–Kier alpha value is -0.850. The van der Waals surface area contributed by atoms with Crippen molar-refractivity contribution in [3.63, 3.8) is 0 Å². The number of cyclic esters (lactones) is 1. The summed E-state index contributed by atoms with van der Waals surface area (Å²) in [4.78, 5) is 11.6. The molecule has 1 aliphatic rings. The van der Waals surface area contributed by atoms with Gasteiger partial charge in [0.05, 0.1) is 0 Å². The predicted molar refractivity (Wildman–Crippen MR) is 68.4 cm³/mol. The molecule has 6 heteroatoms. The van der Waals surface area contributed by atoms with E-state index in [9.17, 15) is 9.90 Å². The lowest BCUT2D eigenvalue weighted by Crippen LogP contribution is -2.51. The van der Waals surface area contributed by atoms with Crippen molar-refractivity contribution in [2.75, 3.05) is 6.54 Å². The second-order valence-corrected chi connectivity index (χ2v) is 5.72. The molecular formula is C12H25N3O3. The van der Waals surface area contributed by atoms with Crippen LogP contribution in [0.25, 0.3) is 0 Å². The molecule has 4 N–H and O–H groups in total. The van der Waals surface area contributed by atoms with Crippen molar-refractivity contribution in [2.45, 2.75) is 52.5 Å². The van der Waals surface area contributed by atoms with E-state index in [1.165, 1.54) is 5.01 Å². The first-order valence-corrected chi connectivity index (χ1v) is 6.49. The number of aliphatic hydroxyl groups is 1. The Kier molecular flexibility index (Phi) is 5.37. The van der Waals surface area contributed by atoms with E-state index in [0.717, 1.165) is 0 Å². The van der Waals surface area contributed by atoms with E-state index in [-0.39, 0.29) is 0 Å². The van der Waals surface area contributed by atoms with Crippen LogP contribution >= 0.6 is 0 Å². The first kappa shape index (κ1) is 15.2. The summed E-state index contributed by atoms with van der Waals surface area (Å²) in [7, 11) is 0. The van der Waals surface area contributed by atoms with E-state index in [1.807, 2.05) is 27.7 Å². The van der Waals surface area contributed by atoms with Gasteiger partial charge in [-0.25, -0.2) is 9.80 Å². The fraction of sp³-hybridized carbons (Fsp3) is 0.917. The molecule has 1 amide bonds. The van der Waals surface area contributed by atoms with Gasteiger partial charge in [0.15, 0.2) is 6.23 Å². The number of ether oxygens (including phenoxy) is 1. The SMILES string of the molecule is CC(C)C[C@H](N)C(O)C1NN(CC(C)C)C(=O)O1. The molecule has 6 nitrogen and oxygen atoms in total. The Morgan fingerprint density at radius 2 is 2.00 bits per heavy atom. The van der Waals surface area contributed by atoms with E-state index >= 15 is 0 Å². The highest BCUT2D eigenvalue weighted by atomic mass is 16.6. The number of hydrazine groups is 1. The molecule has 3 atom stereocenters. The van der Waals surface area contributed by atoms with Crippen LogP contribution in [0, 0.1) is 11.8 Å². The Bertz CT molecular complexity index is 284. The minimum Gasteiger partial charge on any atom is -0.425 e. The third-order valence-corrected chi connectivity index (χ3v) is 2.77. The number of amides is 1. The van der Waals surface area contributed by atoms with Crippen molar-refractivity contribution in [3.8, 4) is 0 Å². The van der Waals surface area contributed by atoms with Gasteiger partial charge >= 0.3 is 6.09 Å². The maximum absolute atomic E-state index is 11.6. The van der Waals surface area contributed by atoms with Crippen LogP contribution < -0.4 is 11.2 Å². The molecule has 0 spiro atoms. The van der Waals surface area contributed by atoms with Crippen molar-refractivity contribution in [1.82, 2.24) is 10.4 Å². The van der Waals surface area contributed by atoms with E-state index in [4.69, 9.17) is 10.5 Å². The Labute approximate surface area is 108 Å². The summed E-state index contributed by atoms with van der Waals surface area (Å²) in [6.07, 6.45) is -1.41. The average Bonchev–Trinajstić information content (AvgIpc) is 2.57. The molecule has 0 saturated carbocycles. The fourth-order valence-corrected chi connectivity index (χ4v) is 1.95. The molecule has 18 heavy (non-hydrogen) atoms. The number of nitrogens with two attached hydrogens (primary N) is 1. The maximum atomic E-state index is 11.6. The Morgan fingerprint density at radius 1 is 1.39 bits per heavy atom. The molecule has 1 fully saturated rings. The molecule has 0 bridgehead atoms. The molecule has 0 aromatic carbocycles. The molecule has 1 rings (SSSR count). The quantitative estimate of drug-likeness (QED) is 0.652. The zero-order chi connectivity index (χ0) is 13.9. The van der Waals surface area contributed by atoms with Crippen molar-refractivity contribution in [3.05, 3.63) is 0 Å². The molecular weight excluding hydrogens is 234 g/mol. The molecule has 0 aromatic heterocycles. The lowest BCUT2D eigenvalue weighted by atomic mass is 9.99. The van der Waals surface area contributed by atoms with Crippen molar-refractivity contribution >= 4 is 6.09 Å². The smallest absolute Gasteiger partial charge is 0.425 e. The van der Waals surface area contributed by atoms with Crippen LogP contribution in [0.3, 0.4) is 0 Å². The molecule has 2 unspecified atom stereocenters. The molecule has 0 aromatic rings. The molecule has 0 aliphatic carbocycles. The minimum atomic E-state index is -0.895. The highest BCUT2D eigenvalue weighted by Gasteiger charge is 2.38. The number of nitrogens with zero attached hydrogens (tertiary/aromatic N) is 1. The Balaban J connectivity index is 2.51. The minimum absolute atomic E-state index is 0.324. The summed E-state index contributed by atoms with van der Waals surface area (Å²) in [5.74, 6) is 0.712. The standard InChI is InChI=1S/C12H25N3O3/c1-7(2)5-9(13)10(16)11-14-15(6-8(3)4)12(17)18-11/h7-11,14,16H,5-6,13H2,1-4H3/t9-,10?,11?/m0/s1. The molecule has 1 heterocycles. The number of nitrogens with one attached hydrogen (secondary N) is 1. The van der Waals surface area contributed by atoms with Crippen molar-refractivity contribution < 1.29 is 14.6 Å². The lowest BCUT2D eigenvalue weighted by molar-refractivity contribution is -0.00544. The summed E-state index contributed by atoms with van der Waals surface area (Å²) < 4.78 is 5.09. The van der Waals surface area contributed by atoms with Gasteiger partial charge in [-0.05, 0) is 18.3 Å². The van der Waals surface area contributed by atoms with Crippen LogP contribution in [0.5, 0.6) is 0 Å². The number of hydrogen-bond donors (Lipinski definition) is 3.